The van der Waals surface area contributed by atoms with Gasteiger partial charge in [-0.25, -0.2) is 0 Å². The highest BCUT2D eigenvalue weighted by Gasteiger charge is 2.00. The number of aliphatic hydroxyl groups is 1. The van der Waals surface area contributed by atoms with E-state index in [-0.39, 0.29) is 12.6 Å². The SMILES string of the molecule is CC[C@@H](CO)NBC=O. The van der Waals surface area contributed by atoms with Gasteiger partial charge in [-0.1, -0.05) is 6.92 Å². The Labute approximate surface area is 55.7 Å². The highest BCUT2D eigenvalue weighted by Crippen LogP contribution is 1.85. The largest absolute Gasteiger partial charge is 0.395 e. The number of aliphatic hydroxyl groups excluding tert-OH is 1. The van der Waals surface area contributed by atoms with Gasteiger partial charge in [-0.15, -0.1) is 0 Å². The number of hydrogen-bond donors (Lipinski definition) is 2. The van der Waals surface area contributed by atoms with E-state index in [4.69, 9.17) is 5.11 Å². The third-order valence-electron chi connectivity index (χ3n) is 1.20. The van der Waals surface area contributed by atoms with E-state index in [1.54, 1.807) is 0 Å². The smallest absolute Gasteiger partial charge is 0.278 e. The summed E-state index contributed by atoms with van der Waals surface area (Å²) < 4.78 is 0. The van der Waals surface area contributed by atoms with Crippen molar-refractivity contribution < 1.29 is 9.90 Å². The standard InChI is InChI=1S/C5H12BNO2/c1-2-5(3-8)7-6-4-9/h4-8H,2-3H2,1H3/t5-/m0/s1. The summed E-state index contributed by atoms with van der Waals surface area (Å²) in [6.45, 7) is 2.06. The van der Waals surface area contributed by atoms with Gasteiger partial charge in [0.15, 0.2) is 0 Å². The Hall–Kier alpha value is -0.345. The molecule has 9 heavy (non-hydrogen) atoms. The molecule has 2 N–H and O–H groups in total. The molecular formula is C5H12BNO2. The fraction of sp³-hybridized carbons (Fsp3) is 0.800. The van der Waals surface area contributed by atoms with Gasteiger partial charge < -0.3 is 15.1 Å². The lowest BCUT2D eigenvalue weighted by atomic mass is 9.96. The molecule has 0 fully saturated rings. The minimum absolute atomic E-state index is 0.0789. The molecule has 0 aliphatic rings. The van der Waals surface area contributed by atoms with Gasteiger partial charge in [-0.3, -0.25) is 0 Å². The summed E-state index contributed by atoms with van der Waals surface area (Å²) in [5, 5.41) is 11.4. The highest BCUT2D eigenvalue weighted by molar-refractivity contribution is 6.64. The van der Waals surface area contributed by atoms with Crippen molar-refractivity contribution in [2.24, 2.45) is 0 Å². The molecule has 0 aliphatic heterocycles. The van der Waals surface area contributed by atoms with Crippen molar-refractivity contribution >= 4 is 13.6 Å². The number of carbonyl (C=O) groups is 1. The van der Waals surface area contributed by atoms with Crippen LogP contribution in [0.3, 0.4) is 0 Å². The van der Waals surface area contributed by atoms with E-state index < -0.39 is 0 Å². The lowest BCUT2D eigenvalue weighted by Crippen LogP contribution is -2.35. The van der Waals surface area contributed by atoms with Crippen LogP contribution in [-0.4, -0.2) is 31.4 Å². The molecule has 0 heterocycles. The van der Waals surface area contributed by atoms with Crippen LogP contribution in [0, 0.1) is 0 Å². The summed E-state index contributed by atoms with van der Waals surface area (Å²) in [7, 11) is 0.332. The van der Waals surface area contributed by atoms with Crippen molar-refractivity contribution in [1.82, 2.24) is 5.23 Å². The maximum atomic E-state index is 9.80. The van der Waals surface area contributed by atoms with E-state index >= 15 is 0 Å². The molecule has 0 radical (unpaired) electrons. The summed E-state index contributed by atoms with van der Waals surface area (Å²) in [5.41, 5.74) is 0. The molecule has 0 saturated carbocycles. The van der Waals surface area contributed by atoms with Crippen LogP contribution in [0.5, 0.6) is 0 Å². The topological polar surface area (TPSA) is 49.3 Å². The van der Waals surface area contributed by atoms with Crippen molar-refractivity contribution in [2.75, 3.05) is 6.61 Å². The quantitative estimate of drug-likeness (QED) is 0.365. The number of nitrogens with one attached hydrogen (secondary N) is 1. The molecule has 0 bridgehead atoms. The summed E-state index contributed by atoms with van der Waals surface area (Å²) in [6, 6.07) is 0.0789. The normalized spacial score (nSPS) is 12.7. The first-order valence-electron chi connectivity index (χ1n) is 3.13. The van der Waals surface area contributed by atoms with Gasteiger partial charge >= 0.3 is 0 Å². The van der Waals surface area contributed by atoms with Crippen molar-refractivity contribution in [1.29, 1.82) is 0 Å². The van der Waals surface area contributed by atoms with E-state index in [2.05, 4.69) is 5.23 Å². The molecule has 0 aromatic heterocycles. The van der Waals surface area contributed by atoms with Crippen LogP contribution in [0.2, 0.25) is 0 Å². The lowest BCUT2D eigenvalue weighted by Gasteiger charge is -2.09. The molecule has 3 nitrogen and oxygen atoms in total. The van der Waals surface area contributed by atoms with Crippen LogP contribution < -0.4 is 5.23 Å². The first-order chi connectivity index (χ1) is 4.35. The molecule has 4 heteroatoms. The fourth-order valence-electron chi connectivity index (χ4n) is 0.553. The first-order valence-corrected chi connectivity index (χ1v) is 3.13. The van der Waals surface area contributed by atoms with Gasteiger partial charge in [-0.2, -0.15) is 0 Å². The van der Waals surface area contributed by atoms with Crippen LogP contribution in [-0.2, 0) is 4.79 Å². The third-order valence-corrected chi connectivity index (χ3v) is 1.20. The molecule has 0 amide bonds. The minimum Gasteiger partial charge on any atom is -0.395 e. The lowest BCUT2D eigenvalue weighted by molar-refractivity contribution is 0.254. The zero-order valence-corrected chi connectivity index (χ0v) is 5.63. The van der Waals surface area contributed by atoms with E-state index in [1.165, 1.54) is 0 Å². The van der Waals surface area contributed by atoms with E-state index in [1.807, 2.05) is 6.92 Å². The van der Waals surface area contributed by atoms with Crippen molar-refractivity contribution in [2.45, 2.75) is 19.4 Å². The van der Waals surface area contributed by atoms with Gasteiger partial charge in [0.05, 0.1) is 12.8 Å². The number of hydrogen-bond acceptors (Lipinski definition) is 3. The van der Waals surface area contributed by atoms with Gasteiger partial charge in [0.25, 0.3) is 7.41 Å². The Morgan fingerprint density at radius 2 is 2.56 bits per heavy atom. The fourth-order valence-corrected chi connectivity index (χ4v) is 0.553. The Kier molecular flexibility index (Phi) is 5.56. The summed E-state index contributed by atoms with van der Waals surface area (Å²) in [4.78, 5) is 9.80. The second-order valence-electron chi connectivity index (χ2n) is 1.86. The second kappa shape index (κ2) is 5.79. The maximum absolute atomic E-state index is 9.80. The Morgan fingerprint density at radius 3 is 2.89 bits per heavy atom. The van der Waals surface area contributed by atoms with Gasteiger partial charge in [0.2, 0.25) is 0 Å². The monoisotopic (exact) mass is 129 g/mol. The van der Waals surface area contributed by atoms with Crippen LogP contribution >= 0.6 is 0 Å². The van der Waals surface area contributed by atoms with Gasteiger partial charge in [0, 0.05) is 6.04 Å². The van der Waals surface area contributed by atoms with E-state index in [0.29, 0.717) is 7.41 Å². The zero-order chi connectivity index (χ0) is 7.11. The number of rotatable bonds is 5. The van der Waals surface area contributed by atoms with E-state index in [0.717, 1.165) is 12.6 Å². The molecule has 0 saturated heterocycles. The van der Waals surface area contributed by atoms with Gasteiger partial charge in [-0.05, 0) is 6.42 Å². The van der Waals surface area contributed by atoms with Crippen LogP contribution in [0.15, 0.2) is 0 Å². The predicted octanol–water partition coefficient (Wildman–Crippen LogP) is -1.11. The minimum atomic E-state index is 0.0789. The molecule has 52 valence electrons. The molecule has 0 rings (SSSR count). The van der Waals surface area contributed by atoms with Crippen molar-refractivity contribution in [3.63, 3.8) is 0 Å². The van der Waals surface area contributed by atoms with Crippen molar-refractivity contribution in [3.05, 3.63) is 0 Å². The summed E-state index contributed by atoms with van der Waals surface area (Å²) in [5.74, 6) is 0. The van der Waals surface area contributed by atoms with Gasteiger partial charge in [0.1, 0.15) is 0 Å². The average molecular weight is 129 g/mol. The summed E-state index contributed by atoms with van der Waals surface area (Å²) >= 11 is 0. The molecule has 0 unspecified atom stereocenters. The average Bonchev–Trinajstić information content (AvgIpc) is 1.91. The third kappa shape index (κ3) is 4.18. The van der Waals surface area contributed by atoms with Crippen LogP contribution in [0.4, 0.5) is 0 Å². The molecular weight excluding hydrogens is 117 g/mol. The molecule has 0 aliphatic carbocycles. The molecule has 0 spiro atoms. The second-order valence-corrected chi connectivity index (χ2v) is 1.86. The van der Waals surface area contributed by atoms with Crippen LogP contribution in [0.1, 0.15) is 13.3 Å². The Bertz CT molecular complexity index is 75.4. The van der Waals surface area contributed by atoms with Crippen molar-refractivity contribution in [3.8, 4) is 0 Å². The molecule has 0 aromatic carbocycles. The number of carbonyl (C=O) groups excluding carboxylic acids is 1. The molecule has 1 atom stereocenters. The Morgan fingerprint density at radius 1 is 1.89 bits per heavy atom. The zero-order valence-electron chi connectivity index (χ0n) is 5.63. The maximum Gasteiger partial charge on any atom is 0.278 e. The Balaban J connectivity index is 3.19. The predicted molar refractivity (Wildman–Crippen MR) is 38.2 cm³/mol. The first kappa shape index (κ1) is 8.65. The highest BCUT2D eigenvalue weighted by atomic mass is 16.3. The summed E-state index contributed by atoms with van der Waals surface area (Å²) in [6.07, 6.45) is 1.64. The molecule has 0 aromatic rings. The van der Waals surface area contributed by atoms with Crippen LogP contribution in [0.25, 0.3) is 0 Å². The van der Waals surface area contributed by atoms with E-state index in [9.17, 15) is 4.79 Å².